The second-order valence-electron chi connectivity index (χ2n) is 7.46. The number of carbonyl (C=O) groups excluding carboxylic acids is 1. The van der Waals surface area contributed by atoms with Crippen LogP contribution in [-0.4, -0.2) is 33.3 Å². The average Bonchev–Trinajstić information content (AvgIpc) is 2.80. The number of fused-ring (bicyclic) bond motifs is 1. The maximum Gasteiger partial charge on any atom is 0.269 e. The third kappa shape index (κ3) is 4.19. The summed E-state index contributed by atoms with van der Waals surface area (Å²) >= 11 is 0. The maximum atomic E-state index is 13.3. The van der Waals surface area contributed by atoms with E-state index in [9.17, 15) is 14.9 Å². The fourth-order valence-electron chi connectivity index (χ4n) is 3.65. The van der Waals surface area contributed by atoms with E-state index in [1.54, 1.807) is 29.3 Å². The van der Waals surface area contributed by atoms with E-state index in [1.807, 2.05) is 37.3 Å². The molecule has 156 valence electrons. The molecule has 3 aromatic rings. The number of aromatic nitrogens is 2. The van der Waals surface area contributed by atoms with Gasteiger partial charge < -0.3 is 9.64 Å². The van der Waals surface area contributed by atoms with Crippen LogP contribution >= 0.6 is 0 Å². The van der Waals surface area contributed by atoms with Crippen LogP contribution in [0.4, 0.5) is 0 Å². The van der Waals surface area contributed by atoms with E-state index in [0.29, 0.717) is 24.5 Å². The van der Waals surface area contributed by atoms with Crippen LogP contribution in [0.3, 0.4) is 0 Å². The lowest BCUT2D eigenvalue weighted by Crippen LogP contribution is -2.36. The molecule has 7 heteroatoms. The predicted molar refractivity (Wildman–Crippen MR) is 117 cm³/mol. The number of pyridine rings is 1. The minimum absolute atomic E-state index is 0.0599. The van der Waals surface area contributed by atoms with Crippen LogP contribution in [0.5, 0.6) is 11.6 Å². The van der Waals surface area contributed by atoms with Gasteiger partial charge in [-0.15, -0.1) is 0 Å². The van der Waals surface area contributed by atoms with Gasteiger partial charge in [0.15, 0.2) is 0 Å². The standard InChI is InChI=1S/C24H22N4O3/c1-17-9-8-14-28-21(17)26-22(31-19-10-4-2-5-11-19)20(24(28)30)15-18(16-25)23(29)27-12-6-3-7-13-27/h2,4-5,8-11,14-15H,3,6-7,12-13H2,1H3/b18-15+. The van der Waals surface area contributed by atoms with Crippen LogP contribution in [0.25, 0.3) is 11.7 Å². The molecule has 31 heavy (non-hydrogen) atoms. The number of benzene rings is 1. The number of ether oxygens (including phenoxy) is 1. The topological polar surface area (TPSA) is 87.7 Å². The van der Waals surface area contributed by atoms with Crippen molar-refractivity contribution in [3.63, 3.8) is 0 Å². The Labute approximate surface area is 179 Å². The average molecular weight is 414 g/mol. The number of hydrogen-bond donors (Lipinski definition) is 0. The number of nitriles is 1. The van der Waals surface area contributed by atoms with Crippen LogP contribution in [0.1, 0.15) is 30.4 Å². The molecule has 0 radical (unpaired) electrons. The first-order valence-corrected chi connectivity index (χ1v) is 10.2. The number of hydrogen-bond acceptors (Lipinski definition) is 5. The number of rotatable bonds is 4. The summed E-state index contributed by atoms with van der Waals surface area (Å²) in [6.07, 6.45) is 5.80. The van der Waals surface area contributed by atoms with E-state index in [4.69, 9.17) is 4.74 Å². The number of likely N-dealkylation sites (tertiary alicyclic amines) is 1. The molecule has 0 spiro atoms. The van der Waals surface area contributed by atoms with Crippen LogP contribution in [0.15, 0.2) is 59.0 Å². The highest BCUT2D eigenvalue weighted by Crippen LogP contribution is 2.25. The summed E-state index contributed by atoms with van der Waals surface area (Å²) in [7, 11) is 0. The highest BCUT2D eigenvalue weighted by molar-refractivity contribution is 6.02. The van der Waals surface area contributed by atoms with Crippen LogP contribution in [-0.2, 0) is 4.79 Å². The first-order chi connectivity index (χ1) is 15.1. The lowest BCUT2D eigenvalue weighted by Gasteiger charge is -2.26. The highest BCUT2D eigenvalue weighted by Gasteiger charge is 2.22. The minimum atomic E-state index is -0.404. The smallest absolute Gasteiger partial charge is 0.269 e. The van der Waals surface area contributed by atoms with Gasteiger partial charge in [-0.05, 0) is 56.0 Å². The SMILES string of the molecule is Cc1cccn2c(=O)c(/C=C(\C#N)C(=O)N3CCCCC3)c(Oc3ccccc3)nc12. The van der Waals surface area contributed by atoms with Gasteiger partial charge in [-0.3, -0.25) is 14.0 Å². The minimum Gasteiger partial charge on any atom is -0.438 e. The summed E-state index contributed by atoms with van der Waals surface area (Å²) in [6.45, 7) is 3.07. The Bertz CT molecular complexity index is 1250. The monoisotopic (exact) mass is 414 g/mol. The Morgan fingerprint density at radius 3 is 2.58 bits per heavy atom. The quantitative estimate of drug-likeness (QED) is 0.480. The number of nitrogens with zero attached hydrogens (tertiary/aromatic N) is 4. The van der Waals surface area contributed by atoms with Crippen molar-refractivity contribution in [1.82, 2.24) is 14.3 Å². The summed E-state index contributed by atoms with van der Waals surface area (Å²) in [5.74, 6) is 0.189. The Balaban J connectivity index is 1.86. The van der Waals surface area contributed by atoms with Gasteiger partial charge >= 0.3 is 0 Å². The van der Waals surface area contributed by atoms with Crippen molar-refractivity contribution in [2.45, 2.75) is 26.2 Å². The van der Waals surface area contributed by atoms with Crippen LogP contribution in [0, 0.1) is 18.3 Å². The molecule has 1 amide bonds. The zero-order chi connectivity index (χ0) is 21.8. The van der Waals surface area contributed by atoms with E-state index in [-0.39, 0.29) is 22.9 Å². The Morgan fingerprint density at radius 2 is 1.87 bits per heavy atom. The Kier molecular flexibility index (Phi) is 5.80. The van der Waals surface area contributed by atoms with E-state index < -0.39 is 5.56 Å². The normalized spacial score (nSPS) is 14.3. The van der Waals surface area contributed by atoms with Gasteiger partial charge in [0.25, 0.3) is 11.5 Å². The number of piperidine rings is 1. The number of carbonyl (C=O) groups is 1. The molecule has 3 heterocycles. The molecule has 7 nitrogen and oxygen atoms in total. The number of aryl methyl sites for hydroxylation is 1. The van der Waals surface area contributed by atoms with E-state index in [2.05, 4.69) is 4.98 Å². The highest BCUT2D eigenvalue weighted by atomic mass is 16.5. The first kappa shape index (κ1) is 20.4. The van der Waals surface area contributed by atoms with Crippen LogP contribution in [0.2, 0.25) is 0 Å². The van der Waals surface area contributed by atoms with Gasteiger partial charge in [0.2, 0.25) is 5.88 Å². The second-order valence-corrected chi connectivity index (χ2v) is 7.46. The predicted octanol–water partition coefficient (Wildman–Crippen LogP) is 3.71. The molecular formula is C24H22N4O3. The molecule has 1 aliphatic heterocycles. The lowest BCUT2D eigenvalue weighted by molar-refractivity contribution is -0.127. The third-order valence-corrected chi connectivity index (χ3v) is 5.29. The van der Waals surface area contributed by atoms with Crippen molar-refractivity contribution in [3.05, 3.63) is 75.7 Å². The second kappa shape index (κ2) is 8.84. The lowest BCUT2D eigenvalue weighted by atomic mass is 10.1. The molecule has 0 unspecified atom stereocenters. The van der Waals surface area contributed by atoms with Gasteiger partial charge in [0.05, 0.1) is 0 Å². The summed E-state index contributed by atoms with van der Waals surface area (Å²) < 4.78 is 7.32. The summed E-state index contributed by atoms with van der Waals surface area (Å²) in [6, 6.07) is 14.5. The van der Waals surface area contributed by atoms with Crippen molar-refractivity contribution in [3.8, 4) is 17.7 Å². The van der Waals surface area contributed by atoms with Crippen LogP contribution < -0.4 is 10.3 Å². The molecule has 2 aromatic heterocycles. The molecule has 1 aromatic carbocycles. The van der Waals surface area contributed by atoms with Crippen molar-refractivity contribution in [2.75, 3.05) is 13.1 Å². The third-order valence-electron chi connectivity index (χ3n) is 5.29. The molecule has 0 saturated carbocycles. The van der Waals surface area contributed by atoms with Gasteiger partial charge in [-0.1, -0.05) is 24.3 Å². The van der Waals surface area contributed by atoms with Crippen molar-refractivity contribution in [2.24, 2.45) is 0 Å². The fourth-order valence-corrected chi connectivity index (χ4v) is 3.65. The first-order valence-electron chi connectivity index (χ1n) is 10.2. The molecule has 0 aliphatic carbocycles. The largest absolute Gasteiger partial charge is 0.438 e. The van der Waals surface area contributed by atoms with E-state index in [0.717, 1.165) is 24.8 Å². The van der Waals surface area contributed by atoms with Gasteiger partial charge in [-0.25, -0.2) is 0 Å². The number of para-hydroxylation sites is 1. The summed E-state index contributed by atoms with van der Waals surface area (Å²) in [4.78, 5) is 32.4. The van der Waals surface area contributed by atoms with Crippen molar-refractivity contribution < 1.29 is 9.53 Å². The molecule has 0 bridgehead atoms. The molecule has 1 aliphatic rings. The molecule has 1 saturated heterocycles. The van der Waals surface area contributed by atoms with E-state index >= 15 is 0 Å². The van der Waals surface area contributed by atoms with Crippen molar-refractivity contribution in [1.29, 1.82) is 5.26 Å². The van der Waals surface area contributed by atoms with Gasteiger partial charge in [0.1, 0.15) is 28.6 Å². The summed E-state index contributed by atoms with van der Waals surface area (Å²) in [5.41, 5.74) is 0.813. The van der Waals surface area contributed by atoms with E-state index in [1.165, 1.54) is 10.5 Å². The molecular weight excluding hydrogens is 392 g/mol. The zero-order valence-corrected chi connectivity index (χ0v) is 17.2. The zero-order valence-electron chi connectivity index (χ0n) is 17.2. The Morgan fingerprint density at radius 1 is 1.13 bits per heavy atom. The molecule has 0 N–H and O–H groups in total. The van der Waals surface area contributed by atoms with Gasteiger partial charge in [-0.2, -0.15) is 10.2 Å². The molecule has 4 rings (SSSR count). The Hall–Kier alpha value is -3.92. The van der Waals surface area contributed by atoms with Crippen molar-refractivity contribution >= 4 is 17.6 Å². The fraction of sp³-hybridized carbons (Fsp3) is 0.250. The molecule has 1 fully saturated rings. The summed E-state index contributed by atoms with van der Waals surface area (Å²) in [5, 5.41) is 9.68. The van der Waals surface area contributed by atoms with Gasteiger partial charge in [0, 0.05) is 19.3 Å². The maximum absolute atomic E-state index is 13.3. The molecule has 0 atom stereocenters. The number of amides is 1.